The number of aromatic nitrogens is 2. The molecule has 28 heavy (non-hydrogen) atoms. The molecule has 1 N–H and O–H groups in total. The molecule has 1 aliphatic carbocycles. The molecule has 2 heterocycles. The molecule has 10 heteroatoms. The summed E-state index contributed by atoms with van der Waals surface area (Å²) >= 11 is 1.33. The van der Waals surface area contributed by atoms with Gasteiger partial charge in [-0.15, -0.1) is 10.2 Å². The van der Waals surface area contributed by atoms with E-state index in [4.69, 9.17) is 0 Å². The number of carbonyl (C=O) groups excluding carboxylic acids is 2. The minimum Gasteiger partial charge on any atom is -0.312 e. The van der Waals surface area contributed by atoms with Crippen molar-refractivity contribution in [3.05, 3.63) is 34.8 Å². The van der Waals surface area contributed by atoms with Gasteiger partial charge in [0.05, 0.1) is 11.5 Å². The van der Waals surface area contributed by atoms with Crippen LogP contribution >= 0.6 is 11.3 Å². The van der Waals surface area contributed by atoms with Gasteiger partial charge in [0, 0.05) is 24.6 Å². The third-order valence-electron chi connectivity index (χ3n) is 5.11. The number of alkyl halides is 3. The van der Waals surface area contributed by atoms with Crippen LogP contribution in [0.25, 0.3) is 0 Å². The maximum Gasteiger partial charge on any atom is 0.416 e. The Labute approximate surface area is 162 Å². The second kappa shape index (κ2) is 7.16. The molecule has 0 bridgehead atoms. The van der Waals surface area contributed by atoms with Crippen LogP contribution in [0.2, 0.25) is 0 Å². The zero-order valence-electron chi connectivity index (χ0n) is 14.7. The fourth-order valence-corrected chi connectivity index (χ4v) is 4.21. The summed E-state index contributed by atoms with van der Waals surface area (Å²) in [6.07, 6.45) is -1.24. The molecule has 1 aromatic carbocycles. The molecule has 1 saturated carbocycles. The molecular formula is C18H17F3N4O2S. The summed E-state index contributed by atoms with van der Waals surface area (Å²) in [5.41, 5.74) is -0.693. The number of benzene rings is 1. The molecule has 0 unspecified atom stereocenters. The van der Waals surface area contributed by atoms with Crippen LogP contribution in [0.3, 0.4) is 0 Å². The highest BCUT2D eigenvalue weighted by Crippen LogP contribution is 2.39. The number of nitrogens with one attached hydrogen (secondary N) is 1. The molecule has 1 aromatic heterocycles. The van der Waals surface area contributed by atoms with Crippen LogP contribution in [0.4, 0.5) is 24.0 Å². The summed E-state index contributed by atoms with van der Waals surface area (Å²) in [7, 11) is 0. The number of hydrogen-bond donors (Lipinski definition) is 1. The van der Waals surface area contributed by atoms with Gasteiger partial charge in [0.15, 0.2) is 0 Å². The summed E-state index contributed by atoms with van der Waals surface area (Å²) in [5, 5.41) is 12.0. The largest absolute Gasteiger partial charge is 0.416 e. The van der Waals surface area contributed by atoms with E-state index in [2.05, 4.69) is 15.5 Å². The minimum absolute atomic E-state index is 0.0280. The molecule has 6 nitrogen and oxygen atoms in total. The molecule has 2 aromatic rings. The van der Waals surface area contributed by atoms with Gasteiger partial charge in [-0.3, -0.25) is 9.59 Å². The van der Waals surface area contributed by atoms with Crippen LogP contribution in [0.15, 0.2) is 24.3 Å². The number of halogens is 3. The zero-order chi connectivity index (χ0) is 19.9. The van der Waals surface area contributed by atoms with Crippen LogP contribution in [0, 0.1) is 5.92 Å². The van der Waals surface area contributed by atoms with Crippen molar-refractivity contribution in [3.63, 3.8) is 0 Å². The average molecular weight is 410 g/mol. The molecule has 2 aliphatic rings. The van der Waals surface area contributed by atoms with E-state index >= 15 is 0 Å². The third kappa shape index (κ3) is 3.73. The first-order valence-electron chi connectivity index (χ1n) is 8.93. The van der Waals surface area contributed by atoms with E-state index in [-0.39, 0.29) is 30.5 Å². The van der Waals surface area contributed by atoms with Crippen LogP contribution in [-0.2, 0) is 15.8 Å². The lowest BCUT2D eigenvalue weighted by Gasteiger charge is -2.21. The highest BCUT2D eigenvalue weighted by molar-refractivity contribution is 7.15. The Bertz CT molecular complexity index is 910. The number of anilines is 2. The summed E-state index contributed by atoms with van der Waals surface area (Å²) in [5.74, 6) is -1.00. The van der Waals surface area contributed by atoms with E-state index in [0.717, 1.165) is 30.0 Å². The molecule has 1 saturated heterocycles. The van der Waals surface area contributed by atoms with Gasteiger partial charge < -0.3 is 10.2 Å². The third-order valence-corrected chi connectivity index (χ3v) is 6.11. The Morgan fingerprint density at radius 2 is 2.04 bits per heavy atom. The smallest absolute Gasteiger partial charge is 0.312 e. The zero-order valence-corrected chi connectivity index (χ0v) is 15.5. The fourth-order valence-electron chi connectivity index (χ4n) is 3.30. The normalized spacial score (nSPS) is 20.3. The van der Waals surface area contributed by atoms with Gasteiger partial charge in [0.1, 0.15) is 5.01 Å². The Balaban J connectivity index is 1.42. The van der Waals surface area contributed by atoms with Crippen LogP contribution in [0.5, 0.6) is 0 Å². The monoisotopic (exact) mass is 410 g/mol. The molecule has 1 aliphatic heterocycles. The maximum absolute atomic E-state index is 12.9. The number of hydrogen-bond acceptors (Lipinski definition) is 5. The van der Waals surface area contributed by atoms with E-state index in [0.29, 0.717) is 11.0 Å². The Kier molecular flexibility index (Phi) is 4.82. The number of nitrogens with zero attached hydrogens (tertiary/aromatic N) is 3. The first-order chi connectivity index (χ1) is 13.3. The summed E-state index contributed by atoms with van der Waals surface area (Å²) < 4.78 is 38.7. The van der Waals surface area contributed by atoms with Crippen molar-refractivity contribution in [2.24, 2.45) is 5.92 Å². The lowest BCUT2D eigenvalue weighted by molar-refractivity contribution is -0.137. The van der Waals surface area contributed by atoms with Crippen molar-refractivity contribution in [2.75, 3.05) is 16.8 Å². The van der Waals surface area contributed by atoms with Crippen LogP contribution < -0.4 is 10.2 Å². The van der Waals surface area contributed by atoms with Crippen molar-refractivity contribution in [1.82, 2.24) is 10.2 Å². The van der Waals surface area contributed by atoms with Crippen molar-refractivity contribution in [1.29, 1.82) is 0 Å². The van der Waals surface area contributed by atoms with E-state index in [9.17, 15) is 22.8 Å². The quantitative estimate of drug-likeness (QED) is 0.832. The van der Waals surface area contributed by atoms with E-state index in [1.54, 1.807) is 0 Å². The number of rotatable bonds is 4. The predicted octanol–water partition coefficient (Wildman–Crippen LogP) is 3.82. The topological polar surface area (TPSA) is 75.2 Å². The maximum atomic E-state index is 12.9. The van der Waals surface area contributed by atoms with E-state index < -0.39 is 17.7 Å². The predicted molar refractivity (Wildman–Crippen MR) is 97.0 cm³/mol. The van der Waals surface area contributed by atoms with Gasteiger partial charge in [0.25, 0.3) is 0 Å². The van der Waals surface area contributed by atoms with Crippen molar-refractivity contribution in [3.8, 4) is 0 Å². The van der Waals surface area contributed by atoms with Gasteiger partial charge >= 0.3 is 6.18 Å². The first-order valence-corrected chi connectivity index (χ1v) is 9.75. The Morgan fingerprint density at radius 1 is 1.25 bits per heavy atom. The average Bonchev–Trinajstić information content (AvgIpc) is 3.19. The second-order valence-electron chi connectivity index (χ2n) is 7.02. The first kappa shape index (κ1) is 18.9. The van der Waals surface area contributed by atoms with E-state index in [1.165, 1.54) is 34.8 Å². The van der Waals surface area contributed by atoms with Gasteiger partial charge in [0.2, 0.25) is 16.9 Å². The highest BCUT2D eigenvalue weighted by Gasteiger charge is 2.37. The second-order valence-corrected chi connectivity index (χ2v) is 8.03. The molecule has 1 atom stereocenters. The molecule has 148 valence electrons. The van der Waals surface area contributed by atoms with Crippen molar-refractivity contribution in [2.45, 2.75) is 37.8 Å². The van der Waals surface area contributed by atoms with Gasteiger partial charge in [-0.1, -0.05) is 23.8 Å². The van der Waals surface area contributed by atoms with Crippen LogP contribution in [-0.4, -0.2) is 28.6 Å². The molecule has 0 radical (unpaired) electrons. The minimum atomic E-state index is -4.49. The molecule has 4 rings (SSSR count). The van der Waals surface area contributed by atoms with Gasteiger partial charge in [-0.25, -0.2) is 0 Å². The number of amides is 2. The van der Waals surface area contributed by atoms with Crippen LogP contribution in [0.1, 0.15) is 42.2 Å². The molecule has 0 spiro atoms. The van der Waals surface area contributed by atoms with Crippen molar-refractivity contribution < 1.29 is 22.8 Å². The van der Waals surface area contributed by atoms with Gasteiger partial charge in [-0.2, -0.15) is 13.2 Å². The van der Waals surface area contributed by atoms with E-state index in [1.807, 2.05) is 0 Å². The molecular weight excluding hydrogens is 393 g/mol. The summed E-state index contributed by atoms with van der Waals surface area (Å²) in [6.45, 7) is 0.0280. The standard InChI is InChI=1S/C18H17F3N4O2S/c19-18(20,21)12-5-2-6-13(8-12)25-9-11(7-14(25)26)15(27)22-17-24-23-16(28-17)10-3-1-4-10/h2,5-6,8,10-11H,1,3-4,7,9H2,(H,22,24,27)/t11-/m0/s1. The van der Waals surface area contributed by atoms with Gasteiger partial charge in [-0.05, 0) is 31.0 Å². The molecule has 2 amide bonds. The fraction of sp³-hybridized carbons (Fsp3) is 0.444. The lowest BCUT2D eigenvalue weighted by Crippen LogP contribution is -2.28. The summed E-state index contributed by atoms with van der Waals surface area (Å²) in [6, 6.07) is 4.56. The SMILES string of the molecule is O=C(Nc1nnc(C2CCC2)s1)[C@H]1CC(=O)N(c2cccc(C(F)(F)F)c2)C1. The van der Waals surface area contributed by atoms with Crippen molar-refractivity contribution >= 4 is 34.0 Å². The molecule has 2 fully saturated rings. The Morgan fingerprint density at radius 3 is 2.71 bits per heavy atom. The number of carbonyl (C=O) groups is 2. The lowest BCUT2D eigenvalue weighted by atomic mass is 9.86. The Hall–Kier alpha value is -2.49. The highest BCUT2D eigenvalue weighted by atomic mass is 32.1. The summed E-state index contributed by atoms with van der Waals surface area (Å²) in [4.78, 5) is 26.0.